The van der Waals surface area contributed by atoms with Gasteiger partial charge in [-0.15, -0.1) is 0 Å². The highest BCUT2D eigenvalue weighted by molar-refractivity contribution is 7.97. The molecule has 0 aliphatic heterocycles. The highest BCUT2D eigenvalue weighted by Gasteiger charge is 1.95. The van der Waals surface area contributed by atoms with Crippen molar-refractivity contribution in [3.05, 3.63) is 0 Å². The molecule has 0 atom stereocenters. The first kappa shape index (κ1) is 77.8. The van der Waals surface area contributed by atoms with Gasteiger partial charge in [-0.3, -0.25) is 4.21 Å². The molecular formula is C22H66O5S3. The quantitative estimate of drug-likeness (QED) is 0.341. The fraction of sp³-hybridized carbons (Fsp3) is 0.955. The lowest BCUT2D eigenvalue weighted by molar-refractivity contribution is -0.115. The van der Waals surface area contributed by atoms with E-state index >= 15 is 0 Å². The summed E-state index contributed by atoms with van der Waals surface area (Å²) in [7, 11) is -0.0278. The van der Waals surface area contributed by atoms with Crippen LogP contribution in [-0.4, -0.2) is 70.2 Å². The number of sulfone groups is 1. The van der Waals surface area contributed by atoms with E-state index in [0.717, 1.165) is 12.5 Å². The maximum Gasteiger partial charge on any atom is 0.144 e. The Morgan fingerprint density at radius 3 is 0.800 bits per heavy atom. The molecule has 0 heterocycles. The van der Waals surface area contributed by atoms with Crippen molar-refractivity contribution in [2.24, 2.45) is 5.41 Å². The minimum absolute atomic E-state index is 0. The van der Waals surface area contributed by atoms with E-state index < -0.39 is 20.6 Å². The highest BCUT2D eigenvalue weighted by atomic mass is 32.2. The number of hydrogen-bond donors (Lipinski definition) is 0. The lowest BCUT2D eigenvalue weighted by Gasteiger charge is -2.05. The number of methoxy groups -OCH3 is 1. The van der Waals surface area contributed by atoms with Crippen molar-refractivity contribution in [2.75, 3.05) is 51.8 Å². The molecule has 0 rings (SSSR count). The third-order valence-electron chi connectivity index (χ3n) is 0. The van der Waals surface area contributed by atoms with Gasteiger partial charge in [0.05, 0.1) is 0 Å². The van der Waals surface area contributed by atoms with Gasteiger partial charge in [-0.2, -0.15) is 11.8 Å². The number of ether oxygens (including phenoxy) is 1. The maximum absolute atomic E-state index is 9.63. The fourth-order valence-corrected chi connectivity index (χ4v) is 0. The topological polar surface area (TPSA) is 77.5 Å². The van der Waals surface area contributed by atoms with Gasteiger partial charge in [0.1, 0.15) is 15.6 Å². The zero-order chi connectivity index (χ0) is 21.6. The lowest BCUT2D eigenvalue weighted by Crippen LogP contribution is -1.93. The Balaban J connectivity index is -0.0000000126. The van der Waals surface area contributed by atoms with Crippen molar-refractivity contribution < 1.29 is 22.2 Å². The number of hydrogen-bond acceptors (Lipinski definition) is 6. The molecule has 0 saturated carbocycles. The van der Waals surface area contributed by atoms with Gasteiger partial charge in [-0.1, -0.05) is 72.3 Å². The number of thioether (sulfide) groups is 1. The van der Waals surface area contributed by atoms with Crippen LogP contribution in [0.15, 0.2) is 0 Å². The summed E-state index contributed by atoms with van der Waals surface area (Å²) >= 11 is 1.75. The summed E-state index contributed by atoms with van der Waals surface area (Å²) in [4.78, 5) is 9.44. The van der Waals surface area contributed by atoms with E-state index in [4.69, 9.17) is 0 Å². The molecule has 0 radical (unpaired) electrons. The fourth-order valence-electron chi connectivity index (χ4n) is 0. The van der Waals surface area contributed by atoms with Gasteiger partial charge in [0, 0.05) is 50.0 Å². The molecule has 5 nitrogen and oxygen atoms in total. The number of Topliss-reactive ketones (excluding diaryl/α,β-unsaturated/α-hetero) is 1. The van der Waals surface area contributed by atoms with E-state index in [2.05, 4.69) is 32.4 Å². The molecule has 0 aliphatic rings. The second-order valence-corrected chi connectivity index (χ2v) is 11.2. The molecular weight excluding hydrogens is 440 g/mol. The van der Waals surface area contributed by atoms with Crippen LogP contribution in [0.1, 0.15) is 86.1 Å². The van der Waals surface area contributed by atoms with Crippen LogP contribution in [0, 0.1) is 5.41 Å². The molecule has 202 valence electrons. The molecule has 0 aromatic heterocycles. The summed E-state index contributed by atoms with van der Waals surface area (Å²) in [6, 6.07) is 0. The summed E-state index contributed by atoms with van der Waals surface area (Å²) in [5, 5.41) is 0. The molecule has 0 N–H and O–H groups in total. The van der Waals surface area contributed by atoms with Crippen LogP contribution in [0.5, 0.6) is 0 Å². The Morgan fingerprint density at radius 2 is 0.800 bits per heavy atom. The van der Waals surface area contributed by atoms with Gasteiger partial charge in [0.2, 0.25) is 0 Å². The molecule has 0 fully saturated rings. The van der Waals surface area contributed by atoms with Crippen LogP contribution in [0.3, 0.4) is 0 Å². The average molecular weight is 507 g/mol. The maximum atomic E-state index is 9.63. The van der Waals surface area contributed by atoms with Crippen LogP contribution in [0.4, 0.5) is 0 Å². The molecule has 0 bridgehead atoms. The van der Waals surface area contributed by atoms with Gasteiger partial charge in [-0.05, 0) is 31.8 Å². The second kappa shape index (κ2) is 56.9. The Bertz CT molecular complexity index is 312. The van der Waals surface area contributed by atoms with Crippen LogP contribution in [-0.2, 0) is 30.2 Å². The van der Waals surface area contributed by atoms with Gasteiger partial charge in [-0.25, -0.2) is 8.42 Å². The Hall–Kier alpha value is 0.0800. The van der Waals surface area contributed by atoms with Crippen molar-refractivity contribution >= 4 is 38.2 Å². The van der Waals surface area contributed by atoms with E-state index in [-0.39, 0.29) is 50.3 Å². The van der Waals surface area contributed by atoms with Crippen molar-refractivity contribution in [1.82, 2.24) is 0 Å². The summed E-state index contributed by atoms with van der Waals surface area (Å²) < 4.78 is 33.1. The highest BCUT2D eigenvalue weighted by Crippen LogP contribution is 2.08. The zero-order valence-corrected chi connectivity index (χ0v) is 20.7. The van der Waals surface area contributed by atoms with Crippen molar-refractivity contribution in [3.63, 3.8) is 0 Å². The smallest absolute Gasteiger partial charge is 0.144 e. The van der Waals surface area contributed by atoms with Crippen LogP contribution in [0.25, 0.3) is 0 Å². The first-order valence-corrected chi connectivity index (χ1v) is 12.9. The van der Waals surface area contributed by atoms with Crippen LogP contribution < -0.4 is 0 Å². The summed E-state index contributed by atoms with van der Waals surface area (Å²) in [5.41, 5.74) is 0.500. The summed E-state index contributed by atoms with van der Waals surface area (Å²) in [6.45, 7) is 11.8. The van der Waals surface area contributed by atoms with E-state index in [1.54, 1.807) is 38.5 Å². The molecule has 0 spiro atoms. The van der Waals surface area contributed by atoms with Crippen LogP contribution in [0.2, 0.25) is 0 Å². The predicted molar refractivity (Wildman–Crippen MR) is 155 cm³/mol. The van der Waals surface area contributed by atoms with Crippen molar-refractivity contribution in [1.29, 1.82) is 0 Å². The molecule has 0 aromatic rings. The number of carbonyl (C=O) groups is 1. The number of carbonyl (C=O) groups excluding carboxylic acids is 1. The summed E-state index contributed by atoms with van der Waals surface area (Å²) in [6.07, 6.45) is 9.68. The van der Waals surface area contributed by atoms with Gasteiger partial charge < -0.3 is 9.53 Å². The van der Waals surface area contributed by atoms with Crippen LogP contribution >= 0.6 is 11.8 Å². The zero-order valence-electron chi connectivity index (χ0n) is 18.3. The standard InChI is InChI=1S/C5H12.C3H6O.C2H6O2S.C2H6OS.C2H6O.C2H6S.6CH4/c1-5(2,3)4;1-3(2)4;1-5(2,3)4;1-4(2)3;2*1-3-2;;;;;;/h1-4H3;1-2H3;1-2H3;1-2H3;2*1-2H3;6*1H4. The first-order chi connectivity index (χ1) is 10.3. The van der Waals surface area contributed by atoms with E-state index in [1.165, 1.54) is 13.8 Å². The minimum Gasteiger partial charge on any atom is -0.388 e. The summed E-state index contributed by atoms with van der Waals surface area (Å²) in [5.74, 6) is 0.167. The number of ketones is 1. The Kier molecular flexibility index (Phi) is 148. The monoisotopic (exact) mass is 506 g/mol. The largest absolute Gasteiger partial charge is 0.388 e. The molecule has 0 unspecified atom stereocenters. The first-order valence-electron chi connectivity index (χ1n) is 6.97. The minimum atomic E-state index is -2.67. The molecule has 8 heteroatoms. The van der Waals surface area contributed by atoms with Gasteiger partial charge >= 0.3 is 0 Å². The van der Waals surface area contributed by atoms with E-state index in [1.807, 2.05) is 12.5 Å². The Labute approximate surface area is 203 Å². The van der Waals surface area contributed by atoms with E-state index in [9.17, 15) is 17.4 Å². The normalized spacial score (nSPS) is 7.17. The SMILES string of the molecule is C.C.C.C.C.C.CC(C)(C)C.CC(C)=O.COC.CS(C)(=O)=O.CS(C)=O.CSC. The van der Waals surface area contributed by atoms with Crippen molar-refractivity contribution in [3.8, 4) is 0 Å². The molecule has 0 aliphatic carbocycles. The van der Waals surface area contributed by atoms with Gasteiger partial charge in [0.15, 0.2) is 0 Å². The molecule has 30 heavy (non-hydrogen) atoms. The lowest BCUT2D eigenvalue weighted by atomic mass is 10.0. The molecule has 0 saturated heterocycles. The molecule has 0 amide bonds. The Morgan fingerprint density at radius 1 is 0.800 bits per heavy atom. The third-order valence-corrected chi connectivity index (χ3v) is 0. The third kappa shape index (κ3) is 3220000. The number of rotatable bonds is 0. The van der Waals surface area contributed by atoms with Crippen molar-refractivity contribution in [2.45, 2.75) is 86.1 Å². The average Bonchev–Trinajstić information content (AvgIpc) is 2.10. The second-order valence-electron chi connectivity index (χ2n) is 6.61. The molecule has 0 aromatic carbocycles. The van der Waals surface area contributed by atoms with Gasteiger partial charge in [0.25, 0.3) is 0 Å². The van der Waals surface area contributed by atoms with E-state index in [0.29, 0.717) is 5.41 Å². The predicted octanol–water partition coefficient (Wildman–Crippen LogP) is 7.36.